The third-order valence-electron chi connectivity index (χ3n) is 4.43. The molecule has 0 aliphatic heterocycles. The van der Waals surface area contributed by atoms with Gasteiger partial charge in [-0.3, -0.25) is 19.2 Å². The fourth-order valence-electron chi connectivity index (χ4n) is 2.91. The number of hydrogen-bond donors (Lipinski definition) is 2. The first-order valence-corrected chi connectivity index (χ1v) is 8.97. The van der Waals surface area contributed by atoms with Crippen LogP contribution in [-0.4, -0.2) is 23.4 Å². The molecule has 142 valence electrons. The number of rotatable bonds is 12. The van der Waals surface area contributed by atoms with Crippen molar-refractivity contribution in [2.45, 2.75) is 64.7 Å². The van der Waals surface area contributed by atoms with Crippen LogP contribution in [-0.2, 0) is 9.59 Å². The second-order valence-electron chi connectivity index (χ2n) is 6.68. The van der Waals surface area contributed by atoms with Crippen LogP contribution in [0.4, 0.5) is 0 Å². The summed E-state index contributed by atoms with van der Waals surface area (Å²) in [5.74, 6) is -1.60. The number of hydrogen-bond acceptors (Lipinski definition) is 4. The summed E-state index contributed by atoms with van der Waals surface area (Å²) in [6, 6.07) is 4.85. The van der Waals surface area contributed by atoms with Crippen LogP contribution in [0.3, 0.4) is 0 Å². The number of Topliss-reactive ketones (excluding diaryl/α,β-unsaturated/α-hetero) is 2. The van der Waals surface area contributed by atoms with Gasteiger partial charge in [0.05, 0.1) is 5.92 Å². The van der Waals surface area contributed by atoms with Crippen molar-refractivity contribution < 1.29 is 19.2 Å². The zero-order valence-corrected chi connectivity index (χ0v) is 15.5. The molecule has 1 aromatic rings. The highest BCUT2D eigenvalue weighted by atomic mass is 16.1. The van der Waals surface area contributed by atoms with Gasteiger partial charge in [-0.05, 0) is 50.5 Å². The summed E-state index contributed by atoms with van der Waals surface area (Å²) in [6.45, 7) is 2.85. The number of ketones is 2. The van der Waals surface area contributed by atoms with E-state index in [4.69, 9.17) is 11.5 Å². The average Bonchev–Trinajstić information content (AvgIpc) is 2.56. The maximum absolute atomic E-state index is 11.9. The lowest BCUT2D eigenvalue weighted by Gasteiger charge is -2.16. The predicted octanol–water partition coefficient (Wildman–Crippen LogP) is 2.88. The zero-order chi connectivity index (χ0) is 19.7. The van der Waals surface area contributed by atoms with Crippen LogP contribution in [0.2, 0.25) is 0 Å². The first-order chi connectivity index (χ1) is 12.2. The molecule has 0 aliphatic carbocycles. The van der Waals surface area contributed by atoms with E-state index >= 15 is 0 Å². The molecule has 0 heterocycles. The van der Waals surface area contributed by atoms with Crippen molar-refractivity contribution in [1.82, 2.24) is 0 Å². The number of carbonyl (C=O) groups is 4. The van der Waals surface area contributed by atoms with Crippen molar-refractivity contribution >= 4 is 23.4 Å². The second-order valence-corrected chi connectivity index (χ2v) is 6.68. The molecule has 1 aromatic carbocycles. The zero-order valence-electron chi connectivity index (χ0n) is 15.5. The lowest BCUT2D eigenvalue weighted by molar-refractivity contribution is -0.120. The highest BCUT2D eigenvalue weighted by Crippen LogP contribution is 2.25. The van der Waals surface area contributed by atoms with E-state index in [0.29, 0.717) is 29.5 Å². The van der Waals surface area contributed by atoms with E-state index in [9.17, 15) is 19.2 Å². The summed E-state index contributed by atoms with van der Waals surface area (Å²) in [5.41, 5.74) is 12.1. The van der Waals surface area contributed by atoms with Crippen LogP contribution >= 0.6 is 0 Å². The lowest BCUT2D eigenvalue weighted by atomic mass is 9.88. The summed E-state index contributed by atoms with van der Waals surface area (Å²) >= 11 is 0. The van der Waals surface area contributed by atoms with Gasteiger partial charge in [0, 0.05) is 17.5 Å². The molecular formula is C20H28N2O4. The molecule has 0 saturated heterocycles. The van der Waals surface area contributed by atoms with Gasteiger partial charge in [-0.25, -0.2) is 0 Å². The first kappa shape index (κ1) is 21.5. The Kier molecular flexibility index (Phi) is 8.68. The van der Waals surface area contributed by atoms with E-state index in [0.717, 1.165) is 32.1 Å². The third-order valence-corrected chi connectivity index (χ3v) is 4.43. The number of primary amides is 2. The van der Waals surface area contributed by atoms with Crippen LogP contribution in [0.25, 0.3) is 0 Å². The maximum Gasteiger partial charge on any atom is 0.224 e. The molecule has 1 rings (SSSR count). The molecule has 0 saturated carbocycles. The van der Waals surface area contributed by atoms with Crippen LogP contribution in [0, 0.1) is 0 Å². The van der Waals surface area contributed by atoms with Gasteiger partial charge in [-0.1, -0.05) is 25.7 Å². The minimum absolute atomic E-state index is 0.160. The Labute approximate surface area is 154 Å². The lowest BCUT2D eigenvalue weighted by Crippen LogP contribution is -2.22. The molecule has 4 N–H and O–H groups in total. The summed E-state index contributed by atoms with van der Waals surface area (Å²) in [6.07, 6.45) is 5.30. The highest BCUT2D eigenvalue weighted by Gasteiger charge is 2.20. The van der Waals surface area contributed by atoms with Crippen LogP contribution in [0.1, 0.15) is 91.0 Å². The Hall–Kier alpha value is -2.50. The van der Waals surface area contributed by atoms with Gasteiger partial charge in [0.1, 0.15) is 0 Å². The molecule has 0 bridgehead atoms. The maximum atomic E-state index is 11.9. The van der Waals surface area contributed by atoms with Gasteiger partial charge >= 0.3 is 0 Å². The molecule has 0 aromatic heterocycles. The van der Waals surface area contributed by atoms with Crippen molar-refractivity contribution in [3.05, 3.63) is 34.9 Å². The van der Waals surface area contributed by atoms with Crippen molar-refractivity contribution in [3.8, 4) is 0 Å². The van der Waals surface area contributed by atoms with Crippen molar-refractivity contribution in [2.75, 3.05) is 0 Å². The Balaban J connectivity index is 2.74. The fraction of sp³-hybridized carbons (Fsp3) is 0.500. The molecule has 6 nitrogen and oxygen atoms in total. The predicted molar refractivity (Wildman–Crippen MR) is 99.9 cm³/mol. The number of amides is 2. The number of nitrogens with two attached hydrogens (primary N) is 2. The Morgan fingerprint density at radius 1 is 0.808 bits per heavy atom. The van der Waals surface area contributed by atoms with Gasteiger partial charge in [0.15, 0.2) is 11.6 Å². The van der Waals surface area contributed by atoms with Gasteiger partial charge in [-0.2, -0.15) is 0 Å². The molecule has 0 fully saturated rings. The Bertz CT molecular complexity index is 650. The molecule has 0 radical (unpaired) electrons. The quantitative estimate of drug-likeness (QED) is 0.440. The van der Waals surface area contributed by atoms with Gasteiger partial charge in [0.2, 0.25) is 11.8 Å². The van der Waals surface area contributed by atoms with Gasteiger partial charge < -0.3 is 11.5 Å². The molecule has 0 unspecified atom stereocenters. The van der Waals surface area contributed by atoms with Crippen LogP contribution < -0.4 is 11.5 Å². The summed E-state index contributed by atoms with van der Waals surface area (Å²) in [7, 11) is 0. The summed E-state index contributed by atoms with van der Waals surface area (Å²) in [4.78, 5) is 46.0. The van der Waals surface area contributed by atoms with E-state index in [1.807, 2.05) is 0 Å². The van der Waals surface area contributed by atoms with Crippen molar-refractivity contribution in [1.29, 1.82) is 0 Å². The Morgan fingerprint density at radius 3 is 1.77 bits per heavy atom. The molecular weight excluding hydrogens is 332 g/mol. The van der Waals surface area contributed by atoms with Crippen LogP contribution in [0.15, 0.2) is 18.2 Å². The molecule has 0 aliphatic rings. The van der Waals surface area contributed by atoms with E-state index in [-0.39, 0.29) is 17.5 Å². The minimum atomic E-state index is -0.530. The second kappa shape index (κ2) is 10.5. The van der Waals surface area contributed by atoms with E-state index in [2.05, 4.69) is 0 Å². The van der Waals surface area contributed by atoms with E-state index in [1.165, 1.54) is 13.8 Å². The topological polar surface area (TPSA) is 120 Å². The summed E-state index contributed by atoms with van der Waals surface area (Å²) in [5, 5.41) is 0. The van der Waals surface area contributed by atoms with Gasteiger partial charge in [0.25, 0.3) is 0 Å². The standard InChI is InChI=1S/C20H28N2O4/c1-13(23)15-10-16(14(2)24)12-17(11-15)18(20(22)26)8-6-4-3-5-7-9-19(21)25/h10-12,18H,3-9H2,1-2H3,(H2,21,25)(H2,22,26)/t18-/m0/s1. The number of carbonyl (C=O) groups excluding carboxylic acids is 4. The molecule has 2 amide bonds. The van der Waals surface area contributed by atoms with Gasteiger partial charge in [-0.15, -0.1) is 0 Å². The van der Waals surface area contributed by atoms with E-state index in [1.54, 1.807) is 18.2 Å². The van der Waals surface area contributed by atoms with Crippen molar-refractivity contribution in [2.24, 2.45) is 11.5 Å². The van der Waals surface area contributed by atoms with E-state index < -0.39 is 11.8 Å². The highest BCUT2D eigenvalue weighted by molar-refractivity contribution is 6.00. The molecule has 0 spiro atoms. The normalized spacial score (nSPS) is 11.8. The molecule has 26 heavy (non-hydrogen) atoms. The first-order valence-electron chi connectivity index (χ1n) is 8.97. The monoisotopic (exact) mass is 360 g/mol. The largest absolute Gasteiger partial charge is 0.370 e. The fourth-order valence-corrected chi connectivity index (χ4v) is 2.91. The van der Waals surface area contributed by atoms with Crippen molar-refractivity contribution in [3.63, 3.8) is 0 Å². The smallest absolute Gasteiger partial charge is 0.224 e. The molecule has 6 heteroatoms. The Morgan fingerprint density at radius 2 is 1.31 bits per heavy atom. The minimum Gasteiger partial charge on any atom is -0.370 e. The third kappa shape index (κ3) is 7.17. The average molecular weight is 360 g/mol. The van der Waals surface area contributed by atoms with Crippen LogP contribution in [0.5, 0.6) is 0 Å². The summed E-state index contributed by atoms with van der Waals surface area (Å²) < 4.78 is 0. The number of benzene rings is 1. The molecule has 1 atom stereocenters. The SMILES string of the molecule is CC(=O)c1cc(C(C)=O)cc([C@H](CCCCCCCC(N)=O)C(N)=O)c1. The number of unbranched alkanes of at least 4 members (excludes halogenated alkanes) is 4.